The molecule has 0 saturated carbocycles. The van der Waals surface area contributed by atoms with Gasteiger partial charge in [0.25, 0.3) is 5.56 Å². The molecule has 0 bridgehead atoms. The van der Waals surface area contributed by atoms with E-state index in [0.717, 1.165) is 22.1 Å². The maximum absolute atomic E-state index is 11.5. The number of tetrazole rings is 1. The largest absolute Gasteiger partial charge is 0.503 e. The highest BCUT2D eigenvalue weighted by molar-refractivity contribution is 5.85. The van der Waals surface area contributed by atoms with Gasteiger partial charge in [-0.3, -0.25) is 4.79 Å². The van der Waals surface area contributed by atoms with Crippen LogP contribution < -0.4 is 5.56 Å². The molecular formula is C17H13N5O2. The van der Waals surface area contributed by atoms with Gasteiger partial charge >= 0.3 is 0 Å². The van der Waals surface area contributed by atoms with Crippen LogP contribution in [0, 0.1) is 0 Å². The number of fused-ring (bicyclic) bond motifs is 1. The van der Waals surface area contributed by atoms with Crippen molar-refractivity contribution >= 4 is 10.9 Å². The summed E-state index contributed by atoms with van der Waals surface area (Å²) in [6.45, 7) is 0. The lowest BCUT2D eigenvalue weighted by atomic mass is 9.96. The van der Waals surface area contributed by atoms with E-state index in [2.05, 4.69) is 25.6 Å². The summed E-state index contributed by atoms with van der Waals surface area (Å²) in [7, 11) is 0. The van der Waals surface area contributed by atoms with Gasteiger partial charge in [-0.2, -0.15) is 5.21 Å². The van der Waals surface area contributed by atoms with Crippen molar-refractivity contribution in [3.63, 3.8) is 0 Å². The molecule has 2 heterocycles. The van der Waals surface area contributed by atoms with E-state index in [1.165, 1.54) is 6.07 Å². The van der Waals surface area contributed by atoms with Gasteiger partial charge in [-0.25, -0.2) is 0 Å². The van der Waals surface area contributed by atoms with Crippen molar-refractivity contribution in [2.24, 2.45) is 0 Å². The summed E-state index contributed by atoms with van der Waals surface area (Å²) in [6.07, 6.45) is 0.557. The quantitative estimate of drug-likeness (QED) is 0.535. The van der Waals surface area contributed by atoms with Crippen LogP contribution in [0.15, 0.2) is 53.3 Å². The lowest BCUT2D eigenvalue weighted by Gasteiger charge is -2.09. The van der Waals surface area contributed by atoms with Gasteiger partial charge in [0.05, 0.1) is 0 Å². The number of nitrogens with one attached hydrogen (secondary N) is 2. The van der Waals surface area contributed by atoms with E-state index in [4.69, 9.17) is 0 Å². The summed E-state index contributed by atoms with van der Waals surface area (Å²) in [4.78, 5) is 14.1. The second-order valence-corrected chi connectivity index (χ2v) is 5.45. The zero-order valence-corrected chi connectivity index (χ0v) is 12.5. The maximum atomic E-state index is 11.5. The third-order valence-corrected chi connectivity index (χ3v) is 3.89. The molecule has 2 aromatic heterocycles. The Bertz CT molecular complexity index is 1070. The predicted octanol–water partition coefficient (Wildman–Crippen LogP) is 2.00. The molecule has 4 rings (SSSR count). The first kappa shape index (κ1) is 14.1. The summed E-state index contributed by atoms with van der Waals surface area (Å²) in [5, 5.41) is 24.4. The van der Waals surface area contributed by atoms with E-state index in [1.807, 2.05) is 42.5 Å². The predicted molar refractivity (Wildman–Crippen MR) is 88.7 cm³/mol. The average Bonchev–Trinajstić information content (AvgIpc) is 3.09. The minimum Gasteiger partial charge on any atom is -0.503 e. The first-order valence-corrected chi connectivity index (χ1v) is 7.37. The van der Waals surface area contributed by atoms with Crippen molar-refractivity contribution in [2.45, 2.75) is 6.42 Å². The number of aromatic hydroxyl groups is 1. The molecule has 0 amide bonds. The van der Waals surface area contributed by atoms with E-state index in [9.17, 15) is 9.90 Å². The highest BCUT2D eigenvalue weighted by Gasteiger charge is 2.09. The molecule has 4 aromatic rings. The zero-order valence-electron chi connectivity index (χ0n) is 12.5. The van der Waals surface area contributed by atoms with Crippen molar-refractivity contribution in [3.8, 4) is 16.9 Å². The molecular weight excluding hydrogens is 306 g/mol. The minimum atomic E-state index is -0.493. The normalized spacial score (nSPS) is 11.0. The third-order valence-electron chi connectivity index (χ3n) is 3.89. The van der Waals surface area contributed by atoms with Gasteiger partial charge in [0.1, 0.15) is 0 Å². The van der Waals surface area contributed by atoms with E-state index < -0.39 is 5.56 Å². The Labute approximate surface area is 136 Å². The number of H-pyrrole nitrogens is 2. The van der Waals surface area contributed by atoms with Crippen LogP contribution in [0.5, 0.6) is 5.75 Å². The molecule has 0 saturated heterocycles. The molecule has 0 aliphatic rings. The highest BCUT2D eigenvalue weighted by Crippen LogP contribution is 2.28. The molecule has 118 valence electrons. The van der Waals surface area contributed by atoms with Crippen LogP contribution in [-0.4, -0.2) is 30.7 Å². The number of hydrogen-bond acceptors (Lipinski definition) is 5. The summed E-state index contributed by atoms with van der Waals surface area (Å²) in [5.74, 6) is 0.324. The van der Waals surface area contributed by atoms with E-state index in [-0.39, 0.29) is 5.75 Å². The first-order valence-electron chi connectivity index (χ1n) is 7.37. The van der Waals surface area contributed by atoms with Crippen LogP contribution in [0.4, 0.5) is 0 Å². The molecule has 3 N–H and O–H groups in total. The molecule has 2 aromatic carbocycles. The lowest BCUT2D eigenvalue weighted by molar-refractivity contribution is 0.468. The lowest BCUT2D eigenvalue weighted by Crippen LogP contribution is -2.04. The van der Waals surface area contributed by atoms with E-state index in [0.29, 0.717) is 17.8 Å². The number of aromatic nitrogens is 5. The summed E-state index contributed by atoms with van der Waals surface area (Å²) in [6, 6.07) is 15.1. The van der Waals surface area contributed by atoms with Crippen molar-refractivity contribution < 1.29 is 5.11 Å². The SMILES string of the molecule is O=c1[nH]c2ccc(-c3ccccc3Cc3nn[nH]n3)cc2cc1O. The van der Waals surface area contributed by atoms with E-state index in [1.54, 1.807) is 0 Å². The molecule has 0 fully saturated rings. The average molecular weight is 319 g/mol. The molecule has 0 aliphatic heterocycles. The number of pyridine rings is 1. The molecule has 7 heteroatoms. The van der Waals surface area contributed by atoms with Crippen molar-refractivity contribution in [1.29, 1.82) is 0 Å². The molecule has 0 unspecified atom stereocenters. The van der Waals surface area contributed by atoms with Crippen LogP contribution in [0.25, 0.3) is 22.0 Å². The fourth-order valence-electron chi connectivity index (χ4n) is 2.75. The number of aromatic amines is 2. The van der Waals surface area contributed by atoms with Gasteiger partial charge in [0, 0.05) is 17.3 Å². The minimum absolute atomic E-state index is 0.292. The smallest absolute Gasteiger partial charge is 0.290 e. The van der Waals surface area contributed by atoms with Gasteiger partial charge in [-0.15, -0.1) is 10.2 Å². The van der Waals surface area contributed by atoms with Crippen molar-refractivity contribution in [2.75, 3.05) is 0 Å². The number of hydrogen-bond donors (Lipinski definition) is 3. The summed E-state index contributed by atoms with van der Waals surface area (Å²) < 4.78 is 0. The number of benzene rings is 2. The molecule has 24 heavy (non-hydrogen) atoms. The van der Waals surface area contributed by atoms with Gasteiger partial charge in [0.15, 0.2) is 11.6 Å². The standard InChI is InChI=1S/C17H13N5O2/c23-15-8-12-7-11(5-6-14(12)18-17(15)24)13-4-2-1-3-10(13)9-16-19-21-22-20-16/h1-8,23H,9H2,(H,18,24)(H,19,20,21,22). The molecule has 0 atom stereocenters. The Hall–Kier alpha value is -3.48. The number of nitrogens with zero attached hydrogens (tertiary/aromatic N) is 3. The Balaban J connectivity index is 1.82. The van der Waals surface area contributed by atoms with Crippen LogP contribution in [-0.2, 0) is 6.42 Å². The Kier molecular flexibility index (Phi) is 3.31. The highest BCUT2D eigenvalue weighted by atomic mass is 16.3. The van der Waals surface area contributed by atoms with Crippen LogP contribution >= 0.6 is 0 Å². The second kappa shape index (κ2) is 5.62. The van der Waals surface area contributed by atoms with Gasteiger partial charge in [0.2, 0.25) is 0 Å². The first-order chi connectivity index (χ1) is 11.7. The van der Waals surface area contributed by atoms with E-state index >= 15 is 0 Å². The Morgan fingerprint density at radius 2 is 1.96 bits per heavy atom. The van der Waals surface area contributed by atoms with Crippen LogP contribution in [0.2, 0.25) is 0 Å². The zero-order chi connectivity index (χ0) is 16.5. The fourth-order valence-corrected chi connectivity index (χ4v) is 2.75. The maximum Gasteiger partial charge on any atom is 0.290 e. The summed E-state index contributed by atoms with van der Waals surface area (Å²) >= 11 is 0. The fraction of sp³-hybridized carbons (Fsp3) is 0.0588. The number of rotatable bonds is 3. The van der Waals surface area contributed by atoms with Gasteiger partial charge in [-0.05, 0) is 34.9 Å². The van der Waals surface area contributed by atoms with Crippen molar-refractivity contribution in [1.82, 2.24) is 25.6 Å². The summed E-state index contributed by atoms with van der Waals surface area (Å²) in [5.41, 5.74) is 3.26. The Morgan fingerprint density at radius 3 is 2.79 bits per heavy atom. The molecule has 0 aliphatic carbocycles. The monoisotopic (exact) mass is 319 g/mol. The van der Waals surface area contributed by atoms with Crippen molar-refractivity contribution in [3.05, 3.63) is 70.3 Å². The van der Waals surface area contributed by atoms with Crippen LogP contribution in [0.1, 0.15) is 11.4 Å². The van der Waals surface area contributed by atoms with Gasteiger partial charge in [-0.1, -0.05) is 35.5 Å². The van der Waals surface area contributed by atoms with Crippen LogP contribution in [0.3, 0.4) is 0 Å². The second-order valence-electron chi connectivity index (χ2n) is 5.45. The topological polar surface area (TPSA) is 108 Å². The Morgan fingerprint density at radius 1 is 1.08 bits per heavy atom. The molecule has 7 nitrogen and oxygen atoms in total. The van der Waals surface area contributed by atoms with Gasteiger partial charge < -0.3 is 10.1 Å². The molecule has 0 spiro atoms. The molecule has 0 radical (unpaired) electrons. The third kappa shape index (κ3) is 2.52.